The summed E-state index contributed by atoms with van der Waals surface area (Å²) in [5.41, 5.74) is 2.91. The Hall–Kier alpha value is -2.63. The standard InChI is InChI=1S/C19H21FN2O3/c1-13-6-7-15(10-21-13)14-4-3-5-17(8-14)25-18-9-16(20)11-22(12-18)19(23)24-2/h3-8,10,16,18H,9,11-12H2,1-2H3. The lowest BCUT2D eigenvalue weighted by Crippen LogP contribution is -2.49. The topological polar surface area (TPSA) is 51.7 Å². The first-order valence-corrected chi connectivity index (χ1v) is 8.22. The third-order valence-electron chi connectivity index (χ3n) is 4.18. The molecule has 2 atom stereocenters. The molecule has 1 saturated heterocycles. The maximum atomic E-state index is 13.9. The minimum atomic E-state index is -1.12. The number of hydrogen-bond acceptors (Lipinski definition) is 4. The molecule has 1 aromatic heterocycles. The Labute approximate surface area is 146 Å². The van der Waals surface area contributed by atoms with Crippen LogP contribution in [-0.4, -0.2) is 48.5 Å². The maximum Gasteiger partial charge on any atom is 0.409 e. The lowest BCUT2D eigenvalue weighted by atomic mass is 10.1. The van der Waals surface area contributed by atoms with Crippen LogP contribution in [0.3, 0.4) is 0 Å². The van der Waals surface area contributed by atoms with Crippen LogP contribution in [-0.2, 0) is 4.74 Å². The summed E-state index contributed by atoms with van der Waals surface area (Å²) in [6.45, 7) is 2.29. The van der Waals surface area contributed by atoms with Gasteiger partial charge in [0.05, 0.1) is 20.2 Å². The molecule has 0 aliphatic carbocycles. The number of amides is 1. The van der Waals surface area contributed by atoms with Crippen molar-refractivity contribution in [2.45, 2.75) is 25.6 Å². The van der Waals surface area contributed by atoms with Crippen LogP contribution < -0.4 is 4.74 Å². The number of halogens is 1. The molecule has 1 aliphatic heterocycles. The molecule has 1 fully saturated rings. The van der Waals surface area contributed by atoms with Crippen molar-refractivity contribution in [3.8, 4) is 16.9 Å². The Morgan fingerprint density at radius 2 is 2.08 bits per heavy atom. The monoisotopic (exact) mass is 344 g/mol. The van der Waals surface area contributed by atoms with Crippen LogP contribution >= 0.6 is 0 Å². The average Bonchev–Trinajstić information content (AvgIpc) is 2.61. The van der Waals surface area contributed by atoms with Gasteiger partial charge in [-0.15, -0.1) is 0 Å². The molecule has 3 rings (SSSR count). The Bertz CT molecular complexity index is 736. The number of methoxy groups -OCH3 is 1. The predicted octanol–water partition coefficient (Wildman–Crippen LogP) is 3.61. The highest BCUT2D eigenvalue weighted by Crippen LogP contribution is 2.26. The second kappa shape index (κ2) is 7.51. The number of hydrogen-bond donors (Lipinski definition) is 0. The summed E-state index contributed by atoms with van der Waals surface area (Å²) in [4.78, 5) is 17.3. The van der Waals surface area contributed by atoms with E-state index in [-0.39, 0.29) is 13.0 Å². The van der Waals surface area contributed by atoms with Crippen LogP contribution in [0.15, 0.2) is 42.6 Å². The largest absolute Gasteiger partial charge is 0.488 e. The van der Waals surface area contributed by atoms with Gasteiger partial charge < -0.3 is 14.4 Å². The quantitative estimate of drug-likeness (QED) is 0.853. The van der Waals surface area contributed by atoms with Gasteiger partial charge in [0.2, 0.25) is 0 Å². The Morgan fingerprint density at radius 3 is 2.80 bits per heavy atom. The molecule has 2 heterocycles. The summed E-state index contributed by atoms with van der Waals surface area (Å²) >= 11 is 0. The Balaban J connectivity index is 1.73. The SMILES string of the molecule is COC(=O)N1CC(F)CC(Oc2cccc(-c3ccc(C)nc3)c2)C1. The first-order chi connectivity index (χ1) is 12.0. The molecule has 5 nitrogen and oxygen atoms in total. The van der Waals surface area contributed by atoms with E-state index in [1.54, 1.807) is 0 Å². The smallest absolute Gasteiger partial charge is 0.409 e. The summed E-state index contributed by atoms with van der Waals surface area (Å²) in [6.07, 6.45) is 0.00197. The molecular formula is C19H21FN2O3. The molecule has 0 N–H and O–H groups in total. The number of nitrogens with zero attached hydrogens (tertiary/aromatic N) is 2. The van der Waals surface area contributed by atoms with Crippen molar-refractivity contribution in [2.75, 3.05) is 20.2 Å². The van der Waals surface area contributed by atoms with E-state index in [0.29, 0.717) is 12.3 Å². The third-order valence-corrected chi connectivity index (χ3v) is 4.18. The van der Waals surface area contributed by atoms with Crippen molar-refractivity contribution in [3.05, 3.63) is 48.3 Å². The van der Waals surface area contributed by atoms with Crippen molar-refractivity contribution in [2.24, 2.45) is 0 Å². The summed E-state index contributed by atoms with van der Waals surface area (Å²) in [5, 5.41) is 0. The number of carbonyl (C=O) groups is 1. The van der Waals surface area contributed by atoms with Crippen LogP contribution in [0.1, 0.15) is 12.1 Å². The van der Waals surface area contributed by atoms with Gasteiger partial charge >= 0.3 is 6.09 Å². The molecule has 0 bridgehead atoms. The lowest BCUT2D eigenvalue weighted by Gasteiger charge is -2.33. The summed E-state index contributed by atoms with van der Waals surface area (Å²) in [6, 6.07) is 11.5. The first kappa shape index (κ1) is 17.2. The van der Waals surface area contributed by atoms with Crippen molar-refractivity contribution in [1.29, 1.82) is 0 Å². The number of rotatable bonds is 3. The van der Waals surface area contributed by atoms with Gasteiger partial charge in [-0.25, -0.2) is 9.18 Å². The zero-order valence-electron chi connectivity index (χ0n) is 14.3. The molecule has 2 aromatic rings. The number of ether oxygens (including phenoxy) is 2. The van der Waals surface area contributed by atoms with Crippen molar-refractivity contribution >= 4 is 6.09 Å². The van der Waals surface area contributed by atoms with Crippen molar-refractivity contribution in [1.82, 2.24) is 9.88 Å². The van der Waals surface area contributed by atoms with Gasteiger partial charge in [-0.05, 0) is 30.7 Å². The lowest BCUT2D eigenvalue weighted by molar-refractivity contribution is 0.0349. The van der Waals surface area contributed by atoms with Crippen LogP contribution in [0.25, 0.3) is 11.1 Å². The van der Waals surface area contributed by atoms with Gasteiger partial charge in [0.1, 0.15) is 18.0 Å². The van der Waals surface area contributed by atoms with Gasteiger partial charge in [0, 0.05) is 23.9 Å². The molecule has 132 valence electrons. The van der Waals surface area contributed by atoms with E-state index in [9.17, 15) is 9.18 Å². The van der Waals surface area contributed by atoms with E-state index in [4.69, 9.17) is 4.74 Å². The van der Waals surface area contributed by atoms with E-state index < -0.39 is 18.4 Å². The Morgan fingerprint density at radius 1 is 1.24 bits per heavy atom. The fourth-order valence-electron chi connectivity index (χ4n) is 2.94. The summed E-state index contributed by atoms with van der Waals surface area (Å²) in [5.74, 6) is 0.641. The number of alkyl halides is 1. The highest BCUT2D eigenvalue weighted by Gasteiger charge is 2.31. The van der Waals surface area contributed by atoms with E-state index in [1.807, 2.05) is 49.5 Å². The second-order valence-electron chi connectivity index (χ2n) is 6.16. The summed E-state index contributed by atoms with van der Waals surface area (Å²) in [7, 11) is 1.29. The molecule has 25 heavy (non-hydrogen) atoms. The molecule has 0 radical (unpaired) electrons. The molecule has 6 heteroatoms. The normalized spacial score (nSPS) is 20.2. The van der Waals surface area contributed by atoms with Crippen LogP contribution in [0, 0.1) is 6.92 Å². The zero-order valence-corrected chi connectivity index (χ0v) is 14.3. The zero-order chi connectivity index (χ0) is 17.8. The number of piperidine rings is 1. The molecule has 0 saturated carbocycles. The van der Waals surface area contributed by atoms with Gasteiger partial charge in [-0.2, -0.15) is 0 Å². The number of carbonyl (C=O) groups excluding carboxylic acids is 1. The Kier molecular flexibility index (Phi) is 5.16. The molecular weight excluding hydrogens is 323 g/mol. The first-order valence-electron chi connectivity index (χ1n) is 8.22. The maximum absolute atomic E-state index is 13.9. The number of benzene rings is 1. The van der Waals surface area contributed by atoms with Gasteiger partial charge in [0.25, 0.3) is 0 Å². The number of likely N-dealkylation sites (tertiary alicyclic amines) is 1. The predicted molar refractivity (Wildman–Crippen MR) is 92.3 cm³/mol. The molecule has 2 unspecified atom stereocenters. The van der Waals surface area contributed by atoms with Gasteiger partial charge in [-0.1, -0.05) is 18.2 Å². The van der Waals surface area contributed by atoms with Crippen molar-refractivity contribution in [3.63, 3.8) is 0 Å². The van der Waals surface area contributed by atoms with E-state index >= 15 is 0 Å². The van der Waals surface area contributed by atoms with E-state index in [2.05, 4.69) is 9.72 Å². The van der Waals surface area contributed by atoms with Gasteiger partial charge in [-0.3, -0.25) is 4.98 Å². The fourth-order valence-corrected chi connectivity index (χ4v) is 2.94. The summed E-state index contributed by atoms with van der Waals surface area (Å²) < 4.78 is 24.5. The van der Waals surface area contributed by atoms with Crippen LogP contribution in [0.2, 0.25) is 0 Å². The minimum Gasteiger partial charge on any atom is -0.488 e. The van der Waals surface area contributed by atoms with Crippen LogP contribution in [0.4, 0.5) is 9.18 Å². The highest BCUT2D eigenvalue weighted by atomic mass is 19.1. The molecule has 1 aromatic carbocycles. The highest BCUT2D eigenvalue weighted by molar-refractivity contribution is 5.67. The molecule has 1 amide bonds. The molecule has 0 spiro atoms. The number of pyridine rings is 1. The third kappa shape index (κ3) is 4.26. The second-order valence-corrected chi connectivity index (χ2v) is 6.16. The van der Waals surface area contributed by atoms with Crippen molar-refractivity contribution < 1.29 is 18.7 Å². The molecule has 1 aliphatic rings. The fraction of sp³-hybridized carbons (Fsp3) is 0.368. The average molecular weight is 344 g/mol. The number of aromatic nitrogens is 1. The number of aryl methyl sites for hydroxylation is 1. The van der Waals surface area contributed by atoms with Crippen LogP contribution in [0.5, 0.6) is 5.75 Å². The van der Waals surface area contributed by atoms with Gasteiger partial charge in [0.15, 0.2) is 0 Å². The van der Waals surface area contributed by atoms with E-state index in [0.717, 1.165) is 16.8 Å². The minimum absolute atomic E-state index is 0.0433. The van der Waals surface area contributed by atoms with E-state index in [1.165, 1.54) is 12.0 Å².